The minimum Gasteiger partial charge on any atom is -0.295 e. The van der Waals surface area contributed by atoms with Crippen LogP contribution in [-0.2, 0) is 14.1 Å². The number of imidazole rings is 1. The number of ketones is 1. The van der Waals surface area contributed by atoms with Crippen molar-refractivity contribution in [3.05, 3.63) is 32.7 Å². The fourth-order valence-corrected chi connectivity index (χ4v) is 2.66. The predicted molar refractivity (Wildman–Crippen MR) is 74.0 cm³/mol. The molecule has 1 aromatic carbocycles. The molecule has 0 unspecified atom stereocenters. The molecule has 0 N–H and O–H groups in total. The maximum Gasteiger partial charge on any atom is 0.328 e. The van der Waals surface area contributed by atoms with Crippen molar-refractivity contribution in [1.29, 1.82) is 0 Å². The molecule has 6 heteroatoms. The van der Waals surface area contributed by atoms with Gasteiger partial charge in [0, 0.05) is 24.1 Å². The second-order valence-corrected chi connectivity index (χ2v) is 5.19. The summed E-state index contributed by atoms with van der Waals surface area (Å²) >= 11 is 6.50. The van der Waals surface area contributed by atoms with Crippen LogP contribution in [0.1, 0.15) is 10.4 Å². The highest BCUT2D eigenvalue weighted by molar-refractivity contribution is 9.10. The number of aromatic nitrogens is 2. The van der Waals surface area contributed by atoms with Crippen LogP contribution in [0.4, 0.5) is 0 Å². The minimum absolute atomic E-state index is 0.0184. The molecular weight excluding hydrogens is 352 g/mol. The Bertz CT molecular complexity index is 670. The van der Waals surface area contributed by atoms with Gasteiger partial charge in [0.25, 0.3) is 0 Å². The van der Waals surface area contributed by atoms with Gasteiger partial charge in [-0.1, -0.05) is 15.9 Å². The number of carbonyl (C=O) groups is 1. The lowest BCUT2D eigenvalue weighted by Crippen LogP contribution is -2.19. The van der Waals surface area contributed by atoms with Gasteiger partial charge in [-0.25, -0.2) is 4.79 Å². The van der Waals surface area contributed by atoms with Crippen LogP contribution < -0.4 is 5.69 Å². The molecule has 0 radical (unpaired) electrons. The third-order valence-electron chi connectivity index (χ3n) is 2.78. The summed E-state index contributed by atoms with van der Waals surface area (Å²) in [6, 6.07) is 3.54. The molecule has 0 amide bonds. The standard InChI is InChI=1S/C11H10Br2N2O2/c1-14-8-3-6(10(16)5-12)7(13)4-9(8)15(2)11(14)17/h3-4H,5H2,1-2H3. The first-order valence-corrected chi connectivity index (χ1v) is 6.83. The SMILES string of the molecule is Cn1c(=O)n(C)c2cc(C(=O)CBr)c(Br)cc21. The summed E-state index contributed by atoms with van der Waals surface area (Å²) in [5, 5.41) is 0.262. The molecule has 1 aromatic heterocycles. The highest BCUT2D eigenvalue weighted by Crippen LogP contribution is 2.24. The van der Waals surface area contributed by atoms with E-state index < -0.39 is 0 Å². The van der Waals surface area contributed by atoms with E-state index in [9.17, 15) is 9.59 Å². The second kappa shape index (κ2) is 4.42. The normalized spacial score (nSPS) is 11.1. The molecule has 0 aliphatic heterocycles. The average molecular weight is 362 g/mol. The Hall–Kier alpha value is -0.880. The number of benzene rings is 1. The molecule has 17 heavy (non-hydrogen) atoms. The highest BCUT2D eigenvalue weighted by Gasteiger charge is 2.14. The molecule has 0 fully saturated rings. The molecule has 2 aromatic rings. The minimum atomic E-state index is -0.102. The Kier molecular flexibility index (Phi) is 3.27. The zero-order chi connectivity index (χ0) is 12.7. The predicted octanol–water partition coefficient (Wildman–Crippen LogP) is 2.22. The third-order valence-corrected chi connectivity index (χ3v) is 3.95. The maximum absolute atomic E-state index is 11.8. The van der Waals surface area contributed by atoms with E-state index in [1.807, 2.05) is 0 Å². The molecule has 90 valence electrons. The first-order valence-electron chi connectivity index (χ1n) is 4.91. The van der Waals surface area contributed by atoms with Gasteiger partial charge in [-0.05, 0) is 28.1 Å². The lowest BCUT2D eigenvalue weighted by atomic mass is 10.1. The summed E-state index contributed by atoms with van der Waals surface area (Å²) in [7, 11) is 3.41. The summed E-state index contributed by atoms with van der Waals surface area (Å²) in [6.07, 6.45) is 0. The lowest BCUT2D eigenvalue weighted by Gasteiger charge is -2.03. The van der Waals surface area contributed by atoms with Gasteiger partial charge in [0.15, 0.2) is 5.78 Å². The summed E-state index contributed by atoms with van der Waals surface area (Å²) in [4.78, 5) is 23.5. The first kappa shape index (κ1) is 12.6. The average Bonchev–Trinajstić information content (AvgIpc) is 2.53. The Morgan fingerprint density at radius 2 is 1.76 bits per heavy atom. The fraction of sp³-hybridized carbons (Fsp3) is 0.273. The van der Waals surface area contributed by atoms with E-state index in [-0.39, 0.29) is 16.8 Å². The number of fused-ring (bicyclic) bond motifs is 1. The molecule has 2 rings (SSSR count). The Labute approximate surface area is 114 Å². The van der Waals surface area contributed by atoms with E-state index in [2.05, 4.69) is 31.9 Å². The number of nitrogens with zero attached hydrogens (tertiary/aromatic N) is 2. The van der Waals surface area contributed by atoms with Crippen LogP contribution in [0.5, 0.6) is 0 Å². The zero-order valence-electron chi connectivity index (χ0n) is 9.33. The van der Waals surface area contributed by atoms with Crippen LogP contribution in [-0.4, -0.2) is 20.2 Å². The number of aryl methyl sites for hydroxylation is 2. The maximum atomic E-state index is 11.8. The van der Waals surface area contributed by atoms with E-state index in [1.54, 1.807) is 30.8 Å². The summed E-state index contributed by atoms with van der Waals surface area (Å²) in [5.41, 5.74) is 2.03. The number of Topliss-reactive ketones (excluding diaryl/α,β-unsaturated/α-hetero) is 1. The van der Waals surface area contributed by atoms with Crippen LogP contribution in [0, 0.1) is 0 Å². The van der Waals surface area contributed by atoms with Crippen LogP contribution in [0.3, 0.4) is 0 Å². The van der Waals surface area contributed by atoms with Crippen molar-refractivity contribution in [2.75, 3.05) is 5.33 Å². The summed E-state index contributed by atoms with van der Waals surface area (Å²) in [6.45, 7) is 0. The van der Waals surface area contributed by atoms with Crippen molar-refractivity contribution in [2.45, 2.75) is 0 Å². The van der Waals surface area contributed by atoms with Crippen LogP contribution in [0.15, 0.2) is 21.4 Å². The molecule has 0 spiro atoms. The molecule has 0 bridgehead atoms. The third kappa shape index (κ3) is 1.89. The van der Waals surface area contributed by atoms with Gasteiger partial charge in [0.1, 0.15) is 0 Å². The Morgan fingerprint density at radius 3 is 2.29 bits per heavy atom. The Balaban J connectivity index is 2.86. The number of hydrogen-bond donors (Lipinski definition) is 0. The summed E-state index contributed by atoms with van der Waals surface area (Å²) in [5.74, 6) is -0.0184. The van der Waals surface area contributed by atoms with Crippen LogP contribution >= 0.6 is 31.9 Å². The van der Waals surface area contributed by atoms with Crippen LogP contribution in [0.25, 0.3) is 11.0 Å². The van der Waals surface area contributed by atoms with Gasteiger partial charge in [-0.2, -0.15) is 0 Å². The molecule has 1 heterocycles. The molecule has 0 saturated carbocycles. The van der Waals surface area contributed by atoms with E-state index in [0.29, 0.717) is 10.0 Å². The quantitative estimate of drug-likeness (QED) is 0.608. The van der Waals surface area contributed by atoms with Crippen molar-refractivity contribution in [3.8, 4) is 0 Å². The fourth-order valence-electron chi connectivity index (χ4n) is 1.81. The molecule has 4 nitrogen and oxygen atoms in total. The van der Waals surface area contributed by atoms with Crippen molar-refractivity contribution < 1.29 is 4.79 Å². The van der Waals surface area contributed by atoms with E-state index in [0.717, 1.165) is 11.0 Å². The van der Waals surface area contributed by atoms with Crippen molar-refractivity contribution in [2.24, 2.45) is 14.1 Å². The van der Waals surface area contributed by atoms with Gasteiger partial charge < -0.3 is 0 Å². The molecule has 0 aliphatic rings. The number of carbonyl (C=O) groups excluding carboxylic acids is 1. The largest absolute Gasteiger partial charge is 0.328 e. The van der Waals surface area contributed by atoms with Gasteiger partial charge in [-0.3, -0.25) is 13.9 Å². The monoisotopic (exact) mass is 360 g/mol. The van der Waals surface area contributed by atoms with Gasteiger partial charge in [0.05, 0.1) is 16.4 Å². The van der Waals surface area contributed by atoms with Gasteiger partial charge >= 0.3 is 5.69 Å². The molecule has 0 atom stereocenters. The van der Waals surface area contributed by atoms with Gasteiger partial charge in [-0.15, -0.1) is 0 Å². The number of rotatable bonds is 2. The second-order valence-electron chi connectivity index (χ2n) is 3.78. The van der Waals surface area contributed by atoms with E-state index >= 15 is 0 Å². The number of halogens is 2. The van der Waals surface area contributed by atoms with Crippen molar-refractivity contribution in [1.82, 2.24) is 9.13 Å². The number of alkyl halides is 1. The molecule has 0 saturated heterocycles. The smallest absolute Gasteiger partial charge is 0.295 e. The summed E-state index contributed by atoms with van der Waals surface area (Å²) < 4.78 is 3.80. The molecular formula is C11H10Br2N2O2. The van der Waals surface area contributed by atoms with Gasteiger partial charge in [0.2, 0.25) is 0 Å². The first-order chi connectivity index (χ1) is 7.97. The van der Waals surface area contributed by atoms with E-state index in [4.69, 9.17) is 0 Å². The van der Waals surface area contributed by atoms with Crippen molar-refractivity contribution >= 4 is 48.7 Å². The zero-order valence-corrected chi connectivity index (χ0v) is 12.5. The van der Waals surface area contributed by atoms with Crippen molar-refractivity contribution in [3.63, 3.8) is 0 Å². The van der Waals surface area contributed by atoms with E-state index in [1.165, 1.54) is 4.57 Å². The molecule has 0 aliphatic carbocycles. The number of hydrogen-bond acceptors (Lipinski definition) is 2. The highest BCUT2D eigenvalue weighted by atomic mass is 79.9. The topological polar surface area (TPSA) is 44.0 Å². The van der Waals surface area contributed by atoms with Crippen LogP contribution in [0.2, 0.25) is 0 Å². The lowest BCUT2D eigenvalue weighted by molar-refractivity contribution is 0.102. The Morgan fingerprint density at radius 1 is 1.24 bits per heavy atom.